The molecule has 0 heterocycles. The molecule has 0 amide bonds. The third-order valence-electron chi connectivity index (χ3n) is 3.17. The Hall–Kier alpha value is -1.27. The van der Waals surface area contributed by atoms with Crippen molar-refractivity contribution >= 4 is 53.3 Å². The van der Waals surface area contributed by atoms with Crippen LogP contribution in [0.5, 0.6) is 0 Å². The van der Waals surface area contributed by atoms with E-state index in [1.165, 1.54) is 26.2 Å². The van der Waals surface area contributed by atoms with Gasteiger partial charge in [0.1, 0.15) is 21.4 Å². The lowest BCUT2D eigenvalue weighted by atomic mass is 10.3. The number of sulfonamides is 2. The van der Waals surface area contributed by atoms with Gasteiger partial charge in [-0.05, 0) is 40.2 Å². The van der Waals surface area contributed by atoms with Crippen molar-refractivity contribution in [1.82, 2.24) is 4.31 Å². The van der Waals surface area contributed by atoms with Crippen LogP contribution >= 0.6 is 27.5 Å². The van der Waals surface area contributed by atoms with Gasteiger partial charge in [-0.15, -0.1) is 0 Å². The van der Waals surface area contributed by atoms with Crippen LogP contribution in [0.25, 0.3) is 0 Å². The molecule has 0 saturated heterocycles. The van der Waals surface area contributed by atoms with Crippen molar-refractivity contribution in [2.75, 3.05) is 18.8 Å². The molecule has 2 aromatic carbocycles. The number of nitrogens with zero attached hydrogens (tertiary/aromatic N) is 1. The normalized spacial score (nSPS) is 12.4. The summed E-state index contributed by atoms with van der Waals surface area (Å²) in [7, 11) is -5.84. The molecule has 142 valence electrons. The molecular formula is C14H12BrClF2N2O4S2. The maximum atomic E-state index is 13.9. The first kappa shape index (κ1) is 21.0. The second kappa shape index (κ2) is 7.39. The molecule has 0 aromatic heterocycles. The summed E-state index contributed by atoms with van der Waals surface area (Å²) in [6.45, 7) is 0. The van der Waals surface area contributed by atoms with E-state index in [0.29, 0.717) is 6.07 Å². The summed E-state index contributed by atoms with van der Waals surface area (Å²) in [5.41, 5.74) is -0.162. The summed E-state index contributed by atoms with van der Waals surface area (Å²) in [6, 6.07) is 4.62. The molecule has 2 rings (SSSR count). The zero-order chi connectivity index (χ0) is 19.9. The van der Waals surface area contributed by atoms with Crippen molar-refractivity contribution < 1.29 is 25.6 Å². The highest BCUT2D eigenvalue weighted by molar-refractivity contribution is 9.10. The molecule has 0 radical (unpaired) electrons. The first-order valence-electron chi connectivity index (χ1n) is 6.75. The number of hydrogen-bond acceptors (Lipinski definition) is 4. The number of benzene rings is 2. The zero-order valence-electron chi connectivity index (χ0n) is 13.3. The van der Waals surface area contributed by atoms with Crippen molar-refractivity contribution in [3.8, 4) is 0 Å². The maximum Gasteiger partial charge on any atom is 0.265 e. The van der Waals surface area contributed by atoms with Gasteiger partial charge >= 0.3 is 0 Å². The molecule has 0 atom stereocenters. The minimum Gasteiger partial charge on any atom is -0.279 e. The zero-order valence-corrected chi connectivity index (χ0v) is 17.3. The Bertz CT molecular complexity index is 1050. The molecule has 12 heteroatoms. The molecule has 0 unspecified atom stereocenters. The second-order valence-electron chi connectivity index (χ2n) is 5.24. The van der Waals surface area contributed by atoms with Crippen LogP contribution in [-0.4, -0.2) is 35.2 Å². The van der Waals surface area contributed by atoms with Crippen molar-refractivity contribution in [2.24, 2.45) is 0 Å². The van der Waals surface area contributed by atoms with Crippen molar-refractivity contribution in [2.45, 2.75) is 9.79 Å². The van der Waals surface area contributed by atoms with Gasteiger partial charge in [0.05, 0.1) is 10.7 Å². The van der Waals surface area contributed by atoms with E-state index in [2.05, 4.69) is 20.7 Å². The molecular weight excluding hydrogens is 478 g/mol. The predicted molar refractivity (Wildman–Crippen MR) is 97.2 cm³/mol. The molecule has 0 aliphatic heterocycles. The number of rotatable bonds is 5. The van der Waals surface area contributed by atoms with E-state index in [1.807, 2.05) is 0 Å². The lowest BCUT2D eigenvalue weighted by Gasteiger charge is -2.15. The van der Waals surface area contributed by atoms with Crippen LogP contribution in [0.2, 0.25) is 5.02 Å². The first-order chi connectivity index (χ1) is 11.9. The van der Waals surface area contributed by atoms with Gasteiger partial charge in [0, 0.05) is 24.6 Å². The summed E-state index contributed by atoms with van der Waals surface area (Å²) in [6.07, 6.45) is 0. The van der Waals surface area contributed by atoms with Gasteiger partial charge in [-0.1, -0.05) is 11.6 Å². The fourth-order valence-electron chi connectivity index (χ4n) is 1.95. The molecule has 0 aliphatic carbocycles. The van der Waals surface area contributed by atoms with Gasteiger partial charge in [0.2, 0.25) is 10.0 Å². The SMILES string of the molecule is CN(C)S(=O)(=O)c1cc(NS(=O)(=O)c2c(F)cc(F)cc2Br)ccc1Cl. The van der Waals surface area contributed by atoms with Crippen LogP contribution in [0.3, 0.4) is 0 Å². The summed E-state index contributed by atoms with van der Waals surface area (Å²) >= 11 is 8.69. The van der Waals surface area contributed by atoms with Crippen LogP contribution in [0.4, 0.5) is 14.5 Å². The van der Waals surface area contributed by atoms with E-state index in [9.17, 15) is 25.6 Å². The fraction of sp³-hybridized carbons (Fsp3) is 0.143. The Kier molecular flexibility index (Phi) is 5.98. The van der Waals surface area contributed by atoms with Crippen LogP contribution in [0.1, 0.15) is 0 Å². The summed E-state index contributed by atoms with van der Waals surface area (Å²) in [5, 5.41) is -0.115. The molecule has 0 spiro atoms. The smallest absolute Gasteiger partial charge is 0.265 e. The van der Waals surface area contributed by atoms with E-state index < -0.39 is 36.6 Å². The molecule has 6 nitrogen and oxygen atoms in total. The fourth-order valence-corrected chi connectivity index (χ4v) is 5.56. The molecule has 0 fully saturated rings. The van der Waals surface area contributed by atoms with Gasteiger partial charge in [-0.25, -0.2) is 29.9 Å². The van der Waals surface area contributed by atoms with Crippen molar-refractivity contribution in [3.63, 3.8) is 0 Å². The Morgan fingerprint density at radius 2 is 1.69 bits per heavy atom. The van der Waals surface area contributed by atoms with E-state index >= 15 is 0 Å². The third-order valence-corrected chi connectivity index (χ3v) is 7.82. The predicted octanol–water partition coefficient (Wildman–Crippen LogP) is 3.43. The van der Waals surface area contributed by atoms with Crippen molar-refractivity contribution in [3.05, 3.63) is 51.5 Å². The average Bonchev–Trinajstić information content (AvgIpc) is 2.47. The van der Waals surface area contributed by atoms with E-state index in [0.717, 1.165) is 16.4 Å². The molecule has 2 aromatic rings. The maximum absolute atomic E-state index is 13.9. The quantitative estimate of drug-likeness (QED) is 0.697. The molecule has 0 aliphatic rings. The van der Waals surface area contributed by atoms with Crippen LogP contribution in [0, 0.1) is 11.6 Å². The molecule has 0 saturated carbocycles. The molecule has 26 heavy (non-hydrogen) atoms. The third kappa shape index (κ3) is 4.17. The van der Waals surface area contributed by atoms with Gasteiger partial charge in [-0.2, -0.15) is 0 Å². The number of halogens is 4. The highest BCUT2D eigenvalue weighted by atomic mass is 79.9. The van der Waals surface area contributed by atoms with Gasteiger partial charge in [-0.3, -0.25) is 4.72 Å². The highest BCUT2D eigenvalue weighted by Crippen LogP contribution is 2.31. The van der Waals surface area contributed by atoms with Crippen LogP contribution < -0.4 is 4.72 Å². The Labute approximate surface area is 163 Å². The number of anilines is 1. The first-order valence-corrected chi connectivity index (χ1v) is 10.8. The minimum atomic E-state index is -4.48. The lowest BCUT2D eigenvalue weighted by molar-refractivity contribution is 0.520. The van der Waals surface area contributed by atoms with Gasteiger partial charge in [0.25, 0.3) is 10.0 Å². The number of nitrogens with one attached hydrogen (secondary N) is 1. The molecule has 0 bridgehead atoms. The highest BCUT2D eigenvalue weighted by Gasteiger charge is 2.26. The summed E-state index contributed by atoms with van der Waals surface area (Å²) in [4.78, 5) is -1.14. The largest absolute Gasteiger partial charge is 0.279 e. The van der Waals surface area contributed by atoms with Gasteiger partial charge in [0.15, 0.2) is 0 Å². The summed E-state index contributed by atoms with van der Waals surface area (Å²) < 4.78 is 79.1. The minimum absolute atomic E-state index is 0.115. The number of hydrogen-bond donors (Lipinski definition) is 1. The Morgan fingerprint density at radius 3 is 2.23 bits per heavy atom. The lowest BCUT2D eigenvalue weighted by Crippen LogP contribution is -2.23. The Balaban J connectivity index is 2.53. The van der Waals surface area contributed by atoms with Crippen LogP contribution in [-0.2, 0) is 20.0 Å². The van der Waals surface area contributed by atoms with E-state index in [-0.39, 0.29) is 20.1 Å². The average molecular weight is 490 g/mol. The van der Waals surface area contributed by atoms with E-state index in [1.54, 1.807) is 0 Å². The standard InChI is InChI=1S/C14H12BrClF2N2O4S2/c1-20(2)26(23,24)13-7-9(3-4-11(13)16)19-25(21,22)14-10(15)5-8(17)6-12(14)18/h3-7,19H,1-2H3. The Morgan fingerprint density at radius 1 is 1.08 bits per heavy atom. The van der Waals surface area contributed by atoms with Crippen LogP contribution in [0.15, 0.2) is 44.6 Å². The van der Waals surface area contributed by atoms with Crippen molar-refractivity contribution in [1.29, 1.82) is 0 Å². The molecule has 1 N–H and O–H groups in total. The monoisotopic (exact) mass is 488 g/mol. The van der Waals surface area contributed by atoms with Gasteiger partial charge < -0.3 is 0 Å². The second-order valence-corrected chi connectivity index (χ2v) is 10.2. The summed E-state index contributed by atoms with van der Waals surface area (Å²) in [5.74, 6) is -2.27. The topological polar surface area (TPSA) is 83.6 Å². The van der Waals surface area contributed by atoms with E-state index in [4.69, 9.17) is 11.6 Å².